The van der Waals surface area contributed by atoms with Gasteiger partial charge in [0, 0.05) is 13.0 Å². The molecule has 1 aromatic heterocycles. The Hall–Kier alpha value is -2.48. The van der Waals surface area contributed by atoms with E-state index in [-0.39, 0.29) is 12.0 Å². The fraction of sp³-hybridized carbons (Fsp3) is 0.500. The normalized spacial score (nSPS) is 17.7. The van der Waals surface area contributed by atoms with E-state index in [1.165, 1.54) is 4.80 Å². The second-order valence-electron chi connectivity index (χ2n) is 5.60. The van der Waals surface area contributed by atoms with E-state index in [0.29, 0.717) is 45.0 Å². The zero-order chi connectivity index (χ0) is 16.8. The van der Waals surface area contributed by atoms with Crippen molar-refractivity contribution in [2.24, 2.45) is 7.05 Å². The minimum atomic E-state index is -0.308. The summed E-state index contributed by atoms with van der Waals surface area (Å²) >= 11 is 0. The summed E-state index contributed by atoms with van der Waals surface area (Å²) in [5.74, 6) is 1.44. The minimum absolute atomic E-state index is 0.101. The Morgan fingerprint density at radius 3 is 2.96 bits per heavy atom. The van der Waals surface area contributed by atoms with Gasteiger partial charge in [0.1, 0.15) is 11.9 Å². The van der Waals surface area contributed by atoms with Crippen LogP contribution in [0.1, 0.15) is 24.8 Å². The highest BCUT2D eigenvalue weighted by atomic mass is 16.5. The van der Waals surface area contributed by atoms with Crippen molar-refractivity contribution in [2.75, 3.05) is 26.3 Å². The Labute approximate surface area is 140 Å². The van der Waals surface area contributed by atoms with Crippen LogP contribution in [0.15, 0.2) is 30.3 Å². The number of benzene rings is 1. The highest BCUT2D eigenvalue weighted by Crippen LogP contribution is 2.19. The molecule has 0 saturated carbocycles. The van der Waals surface area contributed by atoms with Crippen molar-refractivity contribution < 1.29 is 14.3 Å². The lowest BCUT2D eigenvalue weighted by atomic mass is 10.2. The molecule has 1 atom stereocenters. The second kappa shape index (κ2) is 7.87. The molecule has 24 heavy (non-hydrogen) atoms. The van der Waals surface area contributed by atoms with Crippen molar-refractivity contribution >= 4 is 5.91 Å². The summed E-state index contributed by atoms with van der Waals surface area (Å²) in [4.78, 5) is 15.5. The largest absolute Gasteiger partial charge is 0.494 e. The van der Waals surface area contributed by atoms with E-state index < -0.39 is 0 Å². The molecule has 1 saturated heterocycles. The number of carbonyl (C=O) groups excluding carboxylic acids is 1. The monoisotopic (exact) mass is 331 g/mol. The van der Waals surface area contributed by atoms with Crippen molar-refractivity contribution in [3.63, 3.8) is 0 Å². The fourth-order valence-corrected chi connectivity index (χ4v) is 2.55. The maximum Gasteiger partial charge on any atom is 0.222 e. The summed E-state index contributed by atoms with van der Waals surface area (Å²) < 4.78 is 11.3. The summed E-state index contributed by atoms with van der Waals surface area (Å²) in [6.07, 6.45) is 0.823. The predicted octanol–water partition coefficient (Wildman–Crippen LogP) is 0.969. The van der Waals surface area contributed by atoms with Gasteiger partial charge in [-0.25, -0.2) is 0 Å². The van der Waals surface area contributed by atoms with Gasteiger partial charge in [0.2, 0.25) is 11.7 Å². The topological polar surface area (TPSA) is 82.4 Å². The number of morpholine rings is 1. The third-order valence-corrected chi connectivity index (χ3v) is 3.78. The number of carbonyl (C=O) groups is 1. The summed E-state index contributed by atoms with van der Waals surface area (Å²) in [6, 6.07) is 9.60. The molecule has 0 radical (unpaired) electrons. The highest BCUT2D eigenvalue weighted by Gasteiger charge is 2.28. The molecule has 1 amide bonds. The van der Waals surface area contributed by atoms with Crippen LogP contribution in [0, 0.1) is 0 Å². The molecule has 3 rings (SSSR count). The Morgan fingerprint density at radius 1 is 1.38 bits per heavy atom. The van der Waals surface area contributed by atoms with E-state index in [9.17, 15) is 4.79 Å². The smallest absolute Gasteiger partial charge is 0.222 e. The number of rotatable bonds is 6. The van der Waals surface area contributed by atoms with Crippen LogP contribution in [0.25, 0.3) is 0 Å². The number of nitrogens with zero attached hydrogens (tertiary/aromatic N) is 5. The lowest BCUT2D eigenvalue weighted by Crippen LogP contribution is -2.42. The SMILES string of the molecule is Cn1nnc(C2CN(C(=O)CCCOc3ccccc3)CCO2)n1. The van der Waals surface area contributed by atoms with E-state index in [1.807, 2.05) is 30.3 Å². The molecular formula is C16H21N5O3. The Balaban J connectivity index is 1.43. The van der Waals surface area contributed by atoms with Crippen molar-refractivity contribution in [1.29, 1.82) is 0 Å². The number of amides is 1. The van der Waals surface area contributed by atoms with E-state index in [0.717, 1.165) is 5.75 Å². The summed E-state index contributed by atoms with van der Waals surface area (Å²) in [7, 11) is 1.70. The first-order chi connectivity index (χ1) is 11.7. The van der Waals surface area contributed by atoms with Gasteiger partial charge in [0.05, 0.1) is 26.8 Å². The lowest BCUT2D eigenvalue weighted by Gasteiger charge is -2.31. The number of para-hydroxylation sites is 1. The second-order valence-corrected chi connectivity index (χ2v) is 5.60. The van der Waals surface area contributed by atoms with Crippen LogP contribution in [0.4, 0.5) is 0 Å². The van der Waals surface area contributed by atoms with E-state index >= 15 is 0 Å². The van der Waals surface area contributed by atoms with Crippen LogP contribution in [0.2, 0.25) is 0 Å². The van der Waals surface area contributed by atoms with Crippen molar-refractivity contribution in [3.05, 3.63) is 36.2 Å². The highest BCUT2D eigenvalue weighted by molar-refractivity contribution is 5.76. The van der Waals surface area contributed by atoms with Crippen molar-refractivity contribution in [2.45, 2.75) is 18.9 Å². The van der Waals surface area contributed by atoms with Gasteiger partial charge < -0.3 is 14.4 Å². The molecule has 8 heteroatoms. The molecule has 1 aliphatic rings. The third kappa shape index (κ3) is 4.29. The first kappa shape index (κ1) is 16.4. The molecule has 0 N–H and O–H groups in total. The first-order valence-electron chi connectivity index (χ1n) is 8.03. The predicted molar refractivity (Wildman–Crippen MR) is 85.2 cm³/mol. The van der Waals surface area contributed by atoms with Gasteiger partial charge in [-0.2, -0.15) is 4.80 Å². The molecule has 2 aromatic rings. The van der Waals surface area contributed by atoms with Crippen LogP contribution in [0.5, 0.6) is 5.75 Å². The Bertz CT molecular complexity index is 661. The summed E-state index contributed by atoms with van der Waals surface area (Å²) in [5.41, 5.74) is 0. The van der Waals surface area contributed by atoms with Crippen molar-refractivity contribution in [3.8, 4) is 5.75 Å². The van der Waals surface area contributed by atoms with Gasteiger partial charge in [-0.3, -0.25) is 4.79 Å². The molecule has 1 aromatic carbocycles. The van der Waals surface area contributed by atoms with Crippen LogP contribution in [-0.4, -0.2) is 57.3 Å². The number of hydrogen-bond donors (Lipinski definition) is 0. The molecule has 1 aliphatic heterocycles. The van der Waals surface area contributed by atoms with Crippen LogP contribution < -0.4 is 4.74 Å². The molecule has 0 spiro atoms. The number of tetrazole rings is 1. The van der Waals surface area contributed by atoms with Crippen LogP contribution >= 0.6 is 0 Å². The van der Waals surface area contributed by atoms with E-state index in [2.05, 4.69) is 15.4 Å². The van der Waals surface area contributed by atoms with Crippen LogP contribution in [-0.2, 0) is 16.6 Å². The van der Waals surface area contributed by atoms with Gasteiger partial charge >= 0.3 is 0 Å². The standard InChI is InChI=1S/C16H21N5O3/c1-20-18-16(17-19-20)14-12-21(9-11-24-14)15(22)8-5-10-23-13-6-3-2-4-7-13/h2-4,6-7,14H,5,8-12H2,1H3. The zero-order valence-corrected chi connectivity index (χ0v) is 13.7. The van der Waals surface area contributed by atoms with Gasteiger partial charge in [0.15, 0.2) is 0 Å². The Kier molecular flexibility index (Phi) is 5.37. The van der Waals surface area contributed by atoms with E-state index in [4.69, 9.17) is 9.47 Å². The van der Waals surface area contributed by atoms with Gasteiger partial charge in [-0.05, 0) is 23.8 Å². The summed E-state index contributed by atoms with van der Waals surface area (Å²) in [5, 5.41) is 11.9. The number of ether oxygens (including phenoxy) is 2. The van der Waals surface area contributed by atoms with Gasteiger partial charge in [0.25, 0.3) is 0 Å². The average molecular weight is 331 g/mol. The maximum absolute atomic E-state index is 12.3. The molecule has 2 heterocycles. The third-order valence-electron chi connectivity index (χ3n) is 3.78. The quantitative estimate of drug-likeness (QED) is 0.734. The van der Waals surface area contributed by atoms with Crippen molar-refractivity contribution in [1.82, 2.24) is 25.1 Å². The average Bonchev–Trinajstić information content (AvgIpc) is 3.06. The molecule has 8 nitrogen and oxygen atoms in total. The maximum atomic E-state index is 12.3. The molecule has 1 unspecified atom stereocenters. The zero-order valence-electron chi connectivity index (χ0n) is 13.7. The molecule has 0 bridgehead atoms. The van der Waals surface area contributed by atoms with Gasteiger partial charge in [-0.1, -0.05) is 18.2 Å². The fourth-order valence-electron chi connectivity index (χ4n) is 2.55. The minimum Gasteiger partial charge on any atom is -0.494 e. The number of aromatic nitrogens is 4. The molecule has 1 fully saturated rings. The van der Waals surface area contributed by atoms with E-state index in [1.54, 1.807) is 11.9 Å². The number of aryl methyl sites for hydroxylation is 1. The number of hydrogen-bond acceptors (Lipinski definition) is 6. The molecular weight excluding hydrogens is 310 g/mol. The van der Waals surface area contributed by atoms with Gasteiger partial charge in [-0.15, -0.1) is 10.2 Å². The first-order valence-corrected chi connectivity index (χ1v) is 8.03. The summed E-state index contributed by atoms with van der Waals surface area (Å²) in [6.45, 7) is 2.06. The van der Waals surface area contributed by atoms with Crippen LogP contribution in [0.3, 0.4) is 0 Å². The Morgan fingerprint density at radius 2 is 2.21 bits per heavy atom. The molecule has 128 valence electrons. The lowest BCUT2D eigenvalue weighted by molar-refractivity contribution is -0.139. The molecule has 0 aliphatic carbocycles.